The van der Waals surface area contributed by atoms with Crippen LogP contribution in [0.4, 0.5) is 22.4 Å². The summed E-state index contributed by atoms with van der Waals surface area (Å²) >= 11 is 0. The van der Waals surface area contributed by atoms with Crippen LogP contribution in [-0.2, 0) is 4.74 Å². The van der Waals surface area contributed by atoms with E-state index in [1.165, 1.54) is 6.08 Å². The zero-order valence-corrected chi connectivity index (χ0v) is 19.4. The Balaban J connectivity index is 1.67. The quantitative estimate of drug-likeness (QED) is 0.338. The van der Waals surface area contributed by atoms with Crippen molar-refractivity contribution in [2.75, 3.05) is 45.8 Å². The Morgan fingerprint density at radius 1 is 1.21 bits per heavy atom. The Morgan fingerprint density at radius 2 is 1.85 bits per heavy atom. The molecule has 0 aromatic heterocycles. The number of halogens is 4. The molecule has 2 fully saturated rings. The number of carbonyl (C=O) groups excluding carboxylic acids is 1. The van der Waals surface area contributed by atoms with E-state index in [9.17, 15) is 22.4 Å². The van der Waals surface area contributed by atoms with Gasteiger partial charge in [0.25, 0.3) is 0 Å². The minimum absolute atomic E-state index is 0.0106. The van der Waals surface area contributed by atoms with Crippen LogP contribution in [0.1, 0.15) is 32.6 Å². The van der Waals surface area contributed by atoms with E-state index in [2.05, 4.69) is 21.6 Å². The third-order valence-electron chi connectivity index (χ3n) is 6.56. The first-order chi connectivity index (χ1) is 16.1. The van der Waals surface area contributed by atoms with Crippen LogP contribution in [0.3, 0.4) is 0 Å². The number of nitrogens with two attached hydrogens (primary N) is 2. The zero-order valence-electron chi connectivity index (χ0n) is 19.4. The molecule has 1 unspecified atom stereocenters. The van der Waals surface area contributed by atoms with Crippen LogP contribution in [0.2, 0.25) is 0 Å². The zero-order chi connectivity index (χ0) is 24.9. The van der Waals surface area contributed by atoms with Gasteiger partial charge in [-0.3, -0.25) is 10.7 Å². The predicted octanol–water partition coefficient (Wildman–Crippen LogP) is 2.37. The minimum atomic E-state index is -4.74. The molecule has 1 aliphatic carbocycles. The number of amides is 2. The SMILES string of the molecule is CCN1CCN(C(=O)N(CC2=NCC(=C(N)OC(N)C(F)(F)F)C=C2)C2CCC(F)CC2)CC1. The molecule has 0 bridgehead atoms. The van der Waals surface area contributed by atoms with E-state index >= 15 is 0 Å². The molecule has 0 spiro atoms. The molecule has 0 aromatic carbocycles. The molecule has 34 heavy (non-hydrogen) atoms. The number of alkyl halides is 4. The highest BCUT2D eigenvalue weighted by atomic mass is 19.4. The molecule has 3 rings (SSSR count). The molecule has 1 saturated carbocycles. The van der Waals surface area contributed by atoms with Crippen LogP contribution in [0.15, 0.2) is 28.6 Å². The number of carbonyl (C=O) groups is 1. The summed E-state index contributed by atoms with van der Waals surface area (Å²) in [5, 5.41) is 0. The molecule has 0 radical (unpaired) electrons. The fourth-order valence-corrected chi connectivity index (χ4v) is 4.34. The van der Waals surface area contributed by atoms with E-state index in [1.807, 2.05) is 4.90 Å². The lowest BCUT2D eigenvalue weighted by Gasteiger charge is -2.41. The summed E-state index contributed by atoms with van der Waals surface area (Å²) in [6.45, 7) is 6.14. The van der Waals surface area contributed by atoms with Crippen molar-refractivity contribution in [1.82, 2.24) is 14.7 Å². The molecule has 2 heterocycles. The van der Waals surface area contributed by atoms with Crippen LogP contribution in [0.25, 0.3) is 0 Å². The maximum absolute atomic E-state index is 13.7. The highest BCUT2D eigenvalue weighted by Crippen LogP contribution is 2.27. The summed E-state index contributed by atoms with van der Waals surface area (Å²) in [6, 6.07) is -0.176. The van der Waals surface area contributed by atoms with Crippen molar-refractivity contribution in [3.63, 3.8) is 0 Å². The van der Waals surface area contributed by atoms with Gasteiger partial charge in [0.1, 0.15) is 6.17 Å². The van der Waals surface area contributed by atoms with Crippen LogP contribution >= 0.6 is 0 Å². The topological polar surface area (TPSA) is 100 Å². The van der Waals surface area contributed by atoms with E-state index in [4.69, 9.17) is 11.5 Å². The summed E-state index contributed by atoms with van der Waals surface area (Å²) in [7, 11) is 0. The Labute approximate surface area is 197 Å². The lowest BCUT2D eigenvalue weighted by molar-refractivity contribution is -0.208. The second-order valence-corrected chi connectivity index (χ2v) is 8.85. The highest BCUT2D eigenvalue weighted by molar-refractivity contribution is 5.99. The summed E-state index contributed by atoms with van der Waals surface area (Å²) in [5.41, 5.74) is 11.5. The number of hydrogen-bond acceptors (Lipinski definition) is 6. The molecule has 0 aromatic rings. The predicted molar refractivity (Wildman–Crippen MR) is 121 cm³/mol. The van der Waals surface area contributed by atoms with Gasteiger partial charge in [-0.2, -0.15) is 13.2 Å². The van der Waals surface area contributed by atoms with Crippen molar-refractivity contribution in [3.05, 3.63) is 23.6 Å². The van der Waals surface area contributed by atoms with Gasteiger partial charge < -0.3 is 25.2 Å². The fourth-order valence-electron chi connectivity index (χ4n) is 4.34. The third-order valence-corrected chi connectivity index (χ3v) is 6.56. The summed E-state index contributed by atoms with van der Waals surface area (Å²) in [6.07, 6.45) is -2.95. The van der Waals surface area contributed by atoms with E-state index < -0.39 is 24.5 Å². The first-order valence-electron chi connectivity index (χ1n) is 11.7. The van der Waals surface area contributed by atoms with Crippen LogP contribution in [-0.4, -0.2) is 96.9 Å². The number of piperazine rings is 1. The maximum Gasteiger partial charge on any atom is 0.439 e. The van der Waals surface area contributed by atoms with Crippen molar-refractivity contribution in [2.45, 2.75) is 57.2 Å². The van der Waals surface area contributed by atoms with Gasteiger partial charge in [0, 0.05) is 37.8 Å². The Hall–Kier alpha value is -2.34. The van der Waals surface area contributed by atoms with Gasteiger partial charge in [0.15, 0.2) is 5.88 Å². The summed E-state index contributed by atoms with van der Waals surface area (Å²) < 4.78 is 56.2. The van der Waals surface area contributed by atoms with Crippen LogP contribution < -0.4 is 11.5 Å². The first-order valence-corrected chi connectivity index (χ1v) is 11.7. The Bertz CT molecular complexity index is 800. The van der Waals surface area contributed by atoms with E-state index in [0.717, 1.165) is 19.6 Å². The van der Waals surface area contributed by atoms with Crippen molar-refractivity contribution >= 4 is 11.7 Å². The highest BCUT2D eigenvalue weighted by Gasteiger charge is 2.39. The van der Waals surface area contributed by atoms with Gasteiger partial charge in [0.05, 0.1) is 18.8 Å². The van der Waals surface area contributed by atoms with E-state index in [1.54, 1.807) is 11.0 Å². The second kappa shape index (κ2) is 11.4. The van der Waals surface area contributed by atoms with Gasteiger partial charge in [0.2, 0.25) is 6.23 Å². The number of nitrogens with zero attached hydrogens (tertiary/aromatic N) is 4. The number of rotatable bonds is 6. The smallest absolute Gasteiger partial charge is 0.439 e. The molecule has 2 aliphatic heterocycles. The lowest BCUT2D eigenvalue weighted by atomic mass is 9.92. The third kappa shape index (κ3) is 6.84. The van der Waals surface area contributed by atoms with Gasteiger partial charge >= 0.3 is 12.2 Å². The molecule has 1 atom stereocenters. The van der Waals surface area contributed by atoms with Crippen LogP contribution in [0.5, 0.6) is 0 Å². The number of dihydropyridines is 1. The largest absolute Gasteiger partial charge is 0.451 e. The van der Waals surface area contributed by atoms with Crippen molar-refractivity contribution in [1.29, 1.82) is 0 Å². The number of aliphatic imine (C=N–C) groups is 1. The van der Waals surface area contributed by atoms with Crippen LogP contribution in [0, 0.1) is 0 Å². The van der Waals surface area contributed by atoms with Gasteiger partial charge in [-0.05, 0) is 44.4 Å². The van der Waals surface area contributed by atoms with Gasteiger partial charge in [-0.1, -0.05) is 6.92 Å². The maximum atomic E-state index is 13.7. The van der Waals surface area contributed by atoms with E-state index in [-0.39, 0.29) is 30.7 Å². The lowest BCUT2D eigenvalue weighted by Crippen LogP contribution is -2.56. The molecule has 2 amide bonds. The Morgan fingerprint density at radius 3 is 2.38 bits per heavy atom. The van der Waals surface area contributed by atoms with Gasteiger partial charge in [-0.25, -0.2) is 9.18 Å². The van der Waals surface area contributed by atoms with Gasteiger partial charge in [-0.15, -0.1) is 0 Å². The number of urea groups is 1. The van der Waals surface area contributed by atoms with Crippen molar-refractivity contribution < 1.29 is 27.1 Å². The fraction of sp³-hybridized carbons (Fsp3) is 0.727. The monoisotopic (exact) mass is 490 g/mol. The molecule has 1 saturated heterocycles. The molecule has 3 aliphatic rings. The minimum Gasteiger partial charge on any atom is -0.451 e. The molecule has 192 valence electrons. The summed E-state index contributed by atoms with van der Waals surface area (Å²) in [4.78, 5) is 23.7. The normalized spacial score (nSPS) is 26.6. The molecular formula is C22H34F4N6O2. The second-order valence-electron chi connectivity index (χ2n) is 8.85. The number of ether oxygens (including phenoxy) is 1. The Kier molecular flexibility index (Phi) is 8.80. The average molecular weight is 491 g/mol. The number of likely N-dealkylation sites (N-methyl/N-ethyl adjacent to an activating group) is 1. The van der Waals surface area contributed by atoms with Crippen molar-refractivity contribution in [3.8, 4) is 0 Å². The standard InChI is InChI=1S/C22H34F4N6O2/c1-2-30-9-11-31(12-10-30)21(33)32(18-7-4-16(23)5-8-18)14-17-6-3-15(13-29-17)19(27)34-20(28)22(24,25)26/h3,6,16,18,20H,2,4-5,7-14,27-28H2,1H3. The van der Waals surface area contributed by atoms with Crippen molar-refractivity contribution in [2.24, 2.45) is 16.5 Å². The number of hydrogen-bond donors (Lipinski definition) is 2. The van der Waals surface area contributed by atoms with E-state index in [0.29, 0.717) is 44.5 Å². The molecular weight excluding hydrogens is 456 g/mol. The molecule has 12 heteroatoms. The average Bonchev–Trinajstić information content (AvgIpc) is 2.82. The molecule has 8 nitrogen and oxygen atoms in total. The molecule has 4 N–H and O–H groups in total. The summed E-state index contributed by atoms with van der Waals surface area (Å²) in [5.74, 6) is -0.438. The first kappa shape index (κ1) is 26.3.